The van der Waals surface area contributed by atoms with Crippen molar-refractivity contribution < 1.29 is 14.3 Å². The molecule has 25 heavy (non-hydrogen) atoms. The monoisotopic (exact) mass is 515 g/mol. The Kier molecular flexibility index (Phi) is 5.28. The summed E-state index contributed by atoms with van der Waals surface area (Å²) in [6, 6.07) is 5.81. The van der Waals surface area contributed by atoms with E-state index in [1.807, 2.05) is 25.1 Å². The lowest BCUT2D eigenvalue weighted by atomic mass is 10.1. The second kappa shape index (κ2) is 7.28. The Morgan fingerprint density at radius 3 is 2.96 bits per heavy atom. The Balaban J connectivity index is 2.07. The number of hydrogen-bond acceptors (Lipinski definition) is 4. The fraction of sp³-hybridized carbons (Fsp3) is 0.235. The van der Waals surface area contributed by atoms with E-state index in [9.17, 15) is 4.79 Å². The van der Waals surface area contributed by atoms with Crippen molar-refractivity contribution in [2.75, 3.05) is 0 Å². The van der Waals surface area contributed by atoms with Crippen LogP contribution < -0.4 is 5.49 Å². The Hall–Kier alpha value is -1.68. The number of carbonyl (C=O) groups is 1. The van der Waals surface area contributed by atoms with E-state index in [0.29, 0.717) is 30.0 Å². The van der Waals surface area contributed by atoms with Gasteiger partial charge in [-0.3, -0.25) is 10.2 Å². The summed E-state index contributed by atoms with van der Waals surface area (Å²) in [5, 5.41) is 17.2. The summed E-state index contributed by atoms with van der Waals surface area (Å²) in [4.78, 5) is 15.2. The van der Waals surface area contributed by atoms with Gasteiger partial charge in [-0.15, -0.1) is 0 Å². The molecular weight excluding hydrogens is 501 g/mol. The topological polar surface area (TPSA) is 92.1 Å². The summed E-state index contributed by atoms with van der Waals surface area (Å²) in [6.45, 7) is 2.43. The lowest BCUT2D eigenvalue weighted by Crippen LogP contribution is -2.21. The van der Waals surface area contributed by atoms with Gasteiger partial charge in [-0.2, -0.15) is 0 Å². The predicted molar refractivity (Wildman–Crippen MR) is 105 cm³/mol. The summed E-state index contributed by atoms with van der Waals surface area (Å²) in [5.41, 5.74) is 3.18. The lowest BCUT2D eigenvalue weighted by Gasteiger charge is -2.06. The van der Waals surface area contributed by atoms with Gasteiger partial charge in [-0.25, -0.2) is 4.98 Å². The number of pyridine rings is 1. The number of benzene rings is 1. The van der Waals surface area contributed by atoms with Crippen LogP contribution in [0.5, 0.6) is 0 Å². The molecule has 6 nitrogen and oxygen atoms in total. The molecule has 3 rings (SSSR count). The van der Waals surface area contributed by atoms with Gasteiger partial charge in [0.15, 0.2) is 16.6 Å². The van der Waals surface area contributed by atoms with E-state index in [1.54, 1.807) is 10.8 Å². The summed E-state index contributed by atoms with van der Waals surface area (Å²) < 4.78 is 9.46. The van der Waals surface area contributed by atoms with Crippen molar-refractivity contribution >= 4 is 55.6 Å². The summed E-state index contributed by atoms with van der Waals surface area (Å²) in [7, 11) is 0. The molecule has 0 atom stereocenters. The largest absolute Gasteiger partial charge is 0.481 e. The number of hydrogen-bond donors (Lipinski definition) is 2. The maximum atomic E-state index is 10.7. The van der Waals surface area contributed by atoms with Gasteiger partial charge in [-0.1, -0.05) is 22.0 Å². The average molecular weight is 516 g/mol. The van der Waals surface area contributed by atoms with Crippen LogP contribution in [-0.2, 0) is 11.3 Å². The molecule has 1 aromatic carbocycles. The molecule has 0 saturated heterocycles. The van der Waals surface area contributed by atoms with Gasteiger partial charge < -0.3 is 14.1 Å². The molecule has 0 spiro atoms. The van der Waals surface area contributed by atoms with Crippen molar-refractivity contribution in [3.8, 4) is 11.5 Å². The van der Waals surface area contributed by atoms with Gasteiger partial charge in [0.25, 0.3) is 0 Å². The number of oxazole rings is 1. The first-order valence-corrected chi connectivity index (χ1v) is 9.47. The molecular formula is C17H15BrIN3O3. The van der Waals surface area contributed by atoms with E-state index < -0.39 is 5.97 Å². The van der Waals surface area contributed by atoms with Crippen molar-refractivity contribution in [1.29, 1.82) is 5.41 Å². The molecule has 8 heteroatoms. The van der Waals surface area contributed by atoms with Crippen LogP contribution in [0.25, 0.3) is 22.6 Å². The first-order valence-electron chi connectivity index (χ1n) is 7.60. The fourth-order valence-corrected chi connectivity index (χ4v) is 3.64. The van der Waals surface area contributed by atoms with Crippen molar-refractivity contribution in [3.63, 3.8) is 0 Å². The third-order valence-corrected chi connectivity index (χ3v) is 5.54. The van der Waals surface area contributed by atoms with Crippen LogP contribution in [0.3, 0.4) is 0 Å². The number of rotatable bonds is 5. The highest BCUT2D eigenvalue weighted by Gasteiger charge is 2.16. The molecule has 2 N–H and O–H groups in total. The van der Waals surface area contributed by atoms with E-state index >= 15 is 0 Å². The fourth-order valence-electron chi connectivity index (χ4n) is 2.57. The number of carboxylic acid groups (broad SMARTS) is 1. The number of aromatic nitrogens is 2. The molecule has 2 aromatic heterocycles. The average Bonchev–Trinajstić information content (AvgIpc) is 3.00. The molecule has 130 valence electrons. The van der Waals surface area contributed by atoms with Crippen molar-refractivity contribution in [1.82, 2.24) is 9.55 Å². The van der Waals surface area contributed by atoms with Crippen LogP contribution >= 0.6 is 38.5 Å². The number of nitrogens with zero attached hydrogens (tertiary/aromatic N) is 2. The highest BCUT2D eigenvalue weighted by atomic mass is 127. The summed E-state index contributed by atoms with van der Waals surface area (Å²) in [5.74, 6) is -0.361. The first kappa shape index (κ1) is 18.1. The summed E-state index contributed by atoms with van der Waals surface area (Å²) in [6.07, 6.45) is 2.33. The minimum Gasteiger partial charge on any atom is -0.481 e. The lowest BCUT2D eigenvalue weighted by molar-refractivity contribution is -0.137. The van der Waals surface area contributed by atoms with Gasteiger partial charge in [0.1, 0.15) is 0 Å². The van der Waals surface area contributed by atoms with Crippen molar-refractivity contribution in [2.45, 2.75) is 26.3 Å². The zero-order chi connectivity index (χ0) is 18.1. The molecule has 0 aliphatic carbocycles. The maximum Gasteiger partial charge on any atom is 0.303 e. The number of aryl methyl sites for hydroxylation is 1. The SMILES string of the molecule is Cc1c(Br)cccc1-c1nc2c(=N)n(CCCC(=O)O)cc(I)c2o1. The molecule has 2 heterocycles. The molecule has 0 amide bonds. The highest BCUT2D eigenvalue weighted by Crippen LogP contribution is 2.31. The predicted octanol–water partition coefficient (Wildman–Crippen LogP) is 4.32. The van der Waals surface area contributed by atoms with Crippen molar-refractivity contribution in [2.24, 2.45) is 0 Å². The van der Waals surface area contributed by atoms with Crippen molar-refractivity contribution in [3.05, 3.63) is 43.5 Å². The van der Waals surface area contributed by atoms with Gasteiger partial charge in [0.2, 0.25) is 5.89 Å². The zero-order valence-corrected chi connectivity index (χ0v) is 17.1. The molecule has 0 aliphatic heterocycles. The zero-order valence-electron chi connectivity index (χ0n) is 13.3. The van der Waals surface area contributed by atoms with Gasteiger partial charge >= 0.3 is 5.97 Å². The molecule has 0 aliphatic rings. The van der Waals surface area contributed by atoms with Gasteiger partial charge in [0, 0.05) is 29.2 Å². The molecule has 0 bridgehead atoms. The van der Waals surface area contributed by atoms with Crippen LogP contribution in [0.2, 0.25) is 0 Å². The number of nitrogens with one attached hydrogen (secondary N) is 1. The third kappa shape index (κ3) is 3.64. The normalized spacial score (nSPS) is 11.2. The van der Waals surface area contributed by atoms with Crippen LogP contribution in [0.15, 0.2) is 33.3 Å². The third-order valence-electron chi connectivity index (χ3n) is 3.91. The van der Waals surface area contributed by atoms with E-state index in [0.717, 1.165) is 19.2 Å². The van der Waals surface area contributed by atoms with Crippen LogP contribution in [0.1, 0.15) is 18.4 Å². The number of carboxylic acids is 1. The molecule has 0 saturated carbocycles. The quantitative estimate of drug-likeness (QED) is 0.495. The minimum atomic E-state index is -0.836. The Bertz CT molecular complexity index is 1030. The Morgan fingerprint density at radius 2 is 2.24 bits per heavy atom. The molecule has 0 radical (unpaired) electrons. The maximum absolute atomic E-state index is 10.7. The number of aliphatic carboxylic acids is 1. The summed E-state index contributed by atoms with van der Waals surface area (Å²) >= 11 is 5.66. The van der Waals surface area contributed by atoms with Crippen LogP contribution in [-0.4, -0.2) is 20.6 Å². The van der Waals surface area contributed by atoms with E-state index in [1.165, 1.54) is 0 Å². The molecule has 0 unspecified atom stereocenters. The van der Waals surface area contributed by atoms with E-state index in [-0.39, 0.29) is 11.9 Å². The number of halogens is 2. The van der Waals surface area contributed by atoms with Gasteiger partial charge in [0.05, 0.1) is 3.57 Å². The smallest absolute Gasteiger partial charge is 0.303 e. The van der Waals surface area contributed by atoms with Crippen LogP contribution in [0, 0.1) is 15.9 Å². The standard InChI is InChI=1S/C17H15BrIN3O3/c1-9-10(4-2-5-11(9)18)17-21-14-15(25-17)12(19)8-22(16(14)20)7-3-6-13(23)24/h2,4-5,8,20H,3,6-7H2,1H3,(H,23,24). The first-order chi connectivity index (χ1) is 11.9. The Morgan fingerprint density at radius 1 is 1.48 bits per heavy atom. The van der Waals surface area contributed by atoms with Crippen LogP contribution in [0.4, 0.5) is 0 Å². The Labute approximate surface area is 165 Å². The molecule has 0 fully saturated rings. The second-order valence-electron chi connectivity index (χ2n) is 5.63. The van der Waals surface area contributed by atoms with E-state index in [2.05, 4.69) is 43.5 Å². The van der Waals surface area contributed by atoms with E-state index in [4.69, 9.17) is 14.9 Å². The minimum absolute atomic E-state index is 0.0718. The second-order valence-corrected chi connectivity index (χ2v) is 7.64. The highest BCUT2D eigenvalue weighted by molar-refractivity contribution is 14.1. The van der Waals surface area contributed by atoms with Gasteiger partial charge in [-0.05, 0) is 53.6 Å². The number of fused-ring (bicyclic) bond motifs is 1. The molecule has 3 aromatic rings.